The van der Waals surface area contributed by atoms with E-state index in [0.717, 1.165) is 24.2 Å². The second kappa shape index (κ2) is 5.53. The van der Waals surface area contributed by atoms with Crippen molar-refractivity contribution >= 4 is 11.6 Å². The molecule has 0 spiro atoms. The Bertz CT molecular complexity index is 428. The minimum Gasteiger partial charge on any atom is -0.325 e. The molecular weight excluding hydrogens is 224 g/mol. The van der Waals surface area contributed by atoms with Gasteiger partial charge < -0.3 is 10.6 Å². The Morgan fingerprint density at radius 1 is 1.44 bits per heavy atom. The maximum atomic E-state index is 12.1. The van der Waals surface area contributed by atoms with Crippen molar-refractivity contribution < 1.29 is 4.79 Å². The highest BCUT2D eigenvalue weighted by Gasteiger charge is 2.30. The maximum absolute atomic E-state index is 12.1. The first-order valence-electron chi connectivity index (χ1n) is 6.67. The van der Waals surface area contributed by atoms with Gasteiger partial charge in [0.25, 0.3) is 0 Å². The summed E-state index contributed by atoms with van der Waals surface area (Å²) in [6.45, 7) is 7.40. The predicted octanol–water partition coefficient (Wildman–Crippen LogP) is 2.57. The van der Waals surface area contributed by atoms with Crippen LogP contribution in [0.15, 0.2) is 24.3 Å². The predicted molar refractivity (Wildman–Crippen MR) is 74.5 cm³/mol. The van der Waals surface area contributed by atoms with Gasteiger partial charge in [-0.3, -0.25) is 4.79 Å². The molecule has 1 amide bonds. The number of carbonyl (C=O) groups is 1. The number of hydrogen-bond acceptors (Lipinski definition) is 2. The highest BCUT2D eigenvalue weighted by Crippen LogP contribution is 2.22. The summed E-state index contributed by atoms with van der Waals surface area (Å²) in [6.07, 6.45) is 0.940. The number of aryl methyl sites for hydroxylation is 1. The van der Waals surface area contributed by atoms with Gasteiger partial charge in [0.05, 0.1) is 6.04 Å². The van der Waals surface area contributed by atoms with Gasteiger partial charge in [-0.25, -0.2) is 0 Å². The van der Waals surface area contributed by atoms with Crippen molar-refractivity contribution in [1.29, 1.82) is 0 Å². The molecule has 1 heterocycles. The molecule has 2 atom stereocenters. The monoisotopic (exact) mass is 246 g/mol. The van der Waals surface area contributed by atoms with Crippen molar-refractivity contribution in [1.82, 2.24) is 5.32 Å². The van der Waals surface area contributed by atoms with Gasteiger partial charge in [-0.2, -0.15) is 0 Å². The molecule has 2 N–H and O–H groups in total. The summed E-state index contributed by atoms with van der Waals surface area (Å²) >= 11 is 0. The van der Waals surface area contributed by atoms with Crippen LogP contribution in [0.2, 0.25) is 0 Å². The molecule has 1 saturated heterocycles. The lowest BCUT2D eigenvalue weighted by Crippen LogP contribution is -2.35. The van der Waals surface area contributed by atoms with E-state index in [4.69, 9.17) is 0 Å². The zero-order valence-corrected chi connectivity index (χ0v) is 11.4. The van der Waals surface area contributed by atoms with Crippen LogP contribution in [0.5, 0.6) is 0 Å². The van der Waals surface area contributed by atoms with E-state index in [1.165, 1.54) is 0 Å². The van der Waals surface area contributed by atoms with Gasteiger partial charge in [0.2, 0.25) is 5.91 Å². The first-order chi connectivity index (χ1) is 8.56. The number of carbonyl (C=O) groups excluding carboxylic acids is 1. The molecule has 0 unspecified atom stereocenters. The zero-order valence-electron chi connectivity index (χ0n) is 11.4. The molecule has 0 aliphatic carbocycles. The minimum atomic E-state index is -0.0436. The molecular formula is C15H22N2O. The van der Waals surface area contributed by atoms with Crippen LogP contribution in [0.4, 0.5) is 5.69 Å². The topological polar surface area (TPSA) is 41.1 Å². The van der Waals surface area contributed by atoms with Crippen LogP contribution in [-0.4, -0.2) is 18.5 Å². The molecule has 18 heavy (non-hydrogen) atoms. The second-order valence-electron chi connectivity index (χ2n) is 5.56. The normalized spacial score (nSPS) is 23.3. The molecule has 1 aromatic carbocycles. The lowest BCUT2D eigenvalue weighted by Gasteiger charge is -2.13. The molecule has 3 heteroatoms. The Hall–Kier alpha value is -1.35. The maximum Gasteiger partial charge on any atom is 0.241 e. The summed E-state index contributed by atoms with van der Waals surface area (Å²) in [5.74, 6) is 1.33. The first kappa shape index (κ1) is 13.1. The van der Waals surface area contributed by atoms with E-state index in [9.17, 15) is 4.79 Å². The van der Waals surface area contributed by atoms with E-state index in [-0.39, 0.29) is 11.9 Å². The molecule has 1 aliphatic heterocycles. The van der Waals surface area contributed by atoms with E-state index in [1.54, 1.807) is 0 Å². The van der Waals surface area contributed by atoms with E-state index in [2.05, 4.69) is 24.5 Å². The standard InChI is InChI=1S/C15H22N2O/c1-10(2)12-8-14(16-9-12)15(18)17-13-6-4-5-11(3)7-13/h4-7,10,12,14,16H,8-9H2,1-3H3,(H,17,18)/t12-,14-/m0/s1. The Kier molecular flexibility index (Phi) is 4.02. The molecule has 0 saturated carbocycles. The van der Waals surface area contributed by atoms with Crippen molar-refractivity contribution in [3.05, 3.63) is 29.8 Å². The number of anilines is 1. The number of rotatable bonds is 3. The van der Waals surface area contributed by atoms with Crippen LogP contribution in [0.1, 0.15) is 25.8 Å². The van der Waals surface area contributed by atoms with Gasteiger partial charge in [0, 0.05) is 5.69 Å². The first-order valence-corrected chi connectivity index (χ1v) is 6.67. The Morgan fingerprint density at radius 3 is 2.83 bits per heavy atom. The van der Waals surface area contributed by atoms with Crippen LogP contribution in [-0.2, 0) is 4.79 Å². The fourth-order valence-electron chi connectivity index (χ4n) is 2.42. The number of hydrogen-bond donors (Lipinski definition) is 2. The third-order valence-electron chi connectivity index (χ3n) is 3.71. The van der Waals surface area contributed by atoms with E-state index in [1.807, 2.05) is 31.2 Å². The van der Waals surface area contributed by atoms with Crippen molar-refractivity contribution in [3.8, 4) is 0 Å². The smallest absolute Gasteiger partial charge is 0.241 e. The van der Waals surface area contributed by atoms with Crippen LogP contribution in [0, 0.1) is 18.8 Å². The van der Waals surface area contributed by atoms with Gasteiger partial charge in [-0.1, -0.05) is 26.0 Å². The van der Waals surface area contributed by atoms with Gasteiger partial charge in [-0.05, 0) is 49.4 Å². The van der Waals surface area contributed by atoms with Gasteiger partial charge >= 0.3 is 0 Å². The van der Waals surface area contributed by atoms with E-state index < -0.39 is 0 Å². The summed E-state index contributed by atoms with van der Waals surface area (Å²) in [7, 11) is 0. The molecule has 0 aromatic heterocycles. The van der Waals surface area contributed by atoms with E-state index in [0.29, 0.717) is 11.8 Å². The number of benzene rings is 1. The lowest BCUT2D eigenvalue weighted by atomic mass is 9.93. The number of nitrogens with one attached hydrogen (secondary N) is 2. The fraction of sp³-hybridized carbons (Fsp3) is 0.533. The van der Waals surface area contributed by atoms with Crippen LogP contribution < -0.4 is 10.6 Å². The lowest BCUT2D eigenvalue weighted by molar-refractivity contribution is -0.117. The summed E-state index contributed by atoms with van der Waals surface area (Å²) in [4.78, 5) is 12.1. The molecule has 0 bridgehead atoms. The summed E-state index contributed by atoms with van der Waals surface area (Å²) in [6, 6.07) is 7.87. The minimum absolute atomic E-state index is 0.0436. The highest BCUT2D eigenvalue weighted by molar-refractivity contribution is 5.95. The molecule has 1 fully saturated rings. The zero-order chi connectivity index (χ0) is 13.1. The van der Waals surface area contributed by atoms with Gasteiger partial charge in [-0.15, -0.1) is 0 Å². The highest BCUT2D eigenvalue weighted by atomic mass is 16.2. The van der Waals surface area contributed by atoms with E-state index >= 15 is 0 Å². The van der Waals surface area contributed by atoms with Gasteiger partial charge in [0.1, 0.15) is 0 Å². The third kappa shape index (κ3) is 3.10. The Labute approximate surface area is 109 Å². The quantitative estimate of drug-likeness (QED) is 0.860. The Balaban J connectivity index is 1.93. The molecule has 1 aromatic rings. The van der Waals surface area contributed by atoms with Crippen LogP contribution in [0.3, 0.4) is 0 Å². The number of amides is 1. The van der Waals surface area contributed by atoms with Crippen molar-refractivity contribution in [2.24, 2.45) is 11.8 Å². The van der Waals surface area contributed by atoms with Crippen LogP contribution in [0.25, 0.3) is 0 Å². The molecule has 3 nitrogen and oxygen atoms in total. The second-order valence-corrected chi connectivity index (χ2v) is 5.56. The van der Waals surface area contributed by atoms with Crippen molar-refractivity contribution in [2.75, 3.05) is 11.9 Å². The fourth-order valence-corrected chi connectivity index (χ4v) is 2.42. The molecule has 98 valence electrons. The third-order valence-corrected chi connectivity index (χ3v) is 3.71. The average Bonchev–Trinajstić information content (AvgIpc) is 2.78. The molecule has 0 radical (unpaired) electrons. The van der Waals surface area contributed by atoms with Gasteiger partial charge in [0.15, 0.2) is 0 Å². The van der Waals surface area contributed by atoms with Crippen LogP contribution >= 0.6 is 0 Å². The van der Waals surface area contributed by atoms with Crippen molar-refractivity contribution in [2.45, 2.75) is 33.2 Å². The summed E-state index contributed by atoms with van der Waals surface area (Å²) < 4.78 is 0. The SMILES string of the molecule is Cc1cccc(NC(=O)[C@@H]2C[C@H](C(C)C)CN2)c1. The Morgan fingerprint density at radius 2 is 2.22 bits per heavy atom. The summed E-state index contributed by atoms with van der Waals surface area (Å²) in [5.41, 5.74) is 2.04. The average molecular weight is 246 g/mol. The molecule has 1 aliphatic rings. The summed E-state index contributed by atoms with van der Waals surface area (Å²) in [5, 5.41) is 6.29. The molecule has 2 rings (SSSR count). The largest absolute Gasteiger partial charge is 0.325 e. The van der Waals surface area contributed by atoms with Crippen molar-refractivity contribution in [3.63, 3.8) is 0 Å².